The fraction of sp³-hybridized carbons (Fsp3) is 0.273. The van der Waals surface area contributed by atoms with Crippen molar-refractivity contribution in [2.24, 2.45) is 0 Å². The summed E-state index contributed by atoms with van der Waals surface area (Å²) in [6, 6.07) is 26.5. The van der Waals surface area contributed by atoms with Crippen molar-refractivity contribution in [2.75, 3.05) is 0 Å². The standard InChI is InChI=1S/2C16H18.CH4/c1-11-5-7-15(9-13(11)3)16-8-6-12(2)14(4)10-16;1-11-8-9-15(10-13(11)3)16-7-5-6-12(2)14(16)4;/h2*5-10H,1-4H3;1H4. The van der Waals surface area contributed by atoms with E-state index in [0.717, 1.165) is 0 Å². The zero-order valence-electron chi connectivity index (χ0n) is 20.9. The van der Waals surface area contributed by atoms with E-state index in [0.29, 0.717) is 0 Å². The van der Waals surface area contributed by atoms with Gasteiger partial charge in [-0.05, 0) is 122 Å². The van der Waals surface area contributed by atoms with Gasteiger partial charge in [-0.25, -0.2) is 0 Å². The lowest BCUT2D eigenvalue weighted by molar-refractivity contribution is 1.31. The van der Waals surface area contributed by atoms with E-state index in [1.54, 1.807) is 0 Å². The van der Waals surface area contributed by atoms with Gasteiger partial charge in [0.25, 0.3) is 0 Å². The van der Waals surface area contributed by atoms with E-state index < -0.39 is 0 Å². The highest BCUT2D eigenvalue weighted by molar-refractivity contribution is 5.69. The molecule has 0 unspecified atom stereocenters. The second kappa shape index (κ2) is 11.1. The first-order valence-electron chi connectivity index (χ1n) is 11.5. The minimum Gasteiger partial charge on any atom is -0.0776 e. The molecule has 0 spiro atoms. The topological polar surface area (TPSA) is 0 Å². The molecule has 0 heteroatoms. The predicted octanol–water partition coefficient (Wildman–Crippen LogP) is 9.81. The van der Waals surface area contributed by atoms with Gasteiger partial charge in [0.2, 0.25) is 0 Å². The molecule has 0 saturated carbocycles. The van der Waals surface area contributed by atoms with Crippen LogP contribution >= 0.6 is 0 Å². The zero-order chi connectivity index (χ0) is 23.4. The van der Waals surface area contributed by atoms with Gasteiger partial charge in [0.1, 0.15) is 0 Å². The van der Waals surface area contributed by atoms with E-state index in [4.69, 9.17) is 0 Å². The lowest BCUT2D eigenvalue weighted by Crippen LogP contribution is -1.88. The van der Waals surface area contributed by atoms with Crippen LogP contribution in [0.5, 0.6) is 0 Å². The third-order valence-corrected chi connectivity index (χ3v) is 6.77. The summed E-state index contributed by atoms with van der Waals surface area (Å²) >= 11 is 0. The molecule has 4 rings (SSSR count). The summed E-state index contributed by atoms with van der Waals surface area (Å²) in [5.41, 5.74) is 16.2. The SMILES string of the molecule is C.Cc1ccc(-c2ccc(C)c(C)c2)cc1C.Cc1ccc(-c2cccc(C)c2C)cc1C. The average Bonchev–Trinajstić information content (AvgIpc) is 2.76. The maximum absolute atomic E-state index is 2.27. The summed E-state index contributed by atoms with van der Waals surface area (Å²) in [7, 11) is 0. The molecule has 0 fully saturated rings. The summed E-state index contributed by atoms with van der Waals surface area (Å²) in [5.74, 6) is 0. The van der Waals surface area contributed by atoms with Crippen LogP contribution in [0.1, 0.15) is 51.9 Å². The quantitative estimate of drug-likeness (QED) is 0.293. The lowest BCUT2D eigenvalue weighted by atomic mass is 9.95. The number of rotatable bonds is 2. The molecule has 0 N–H and O–H groups in total. The number of hydrogen-bond acceptors (Lipinski definition) is 0. The van der Waals surface area contributed by atoms with E-state index in [1.807, 2.05) is 0 Å². The minimum absolute atomic E-state index is 0. The van der Waals surface area contributed by atoms with Crippen molar-refractivity contribution < 1.29 is 0 Å². The molecule has 33 heavy (non-hydrogen) atoms. The van der Waals surface area contributed by atoms with Crippen molar-refractivity contribution in [1.82, 2.24) is 0 Å². The summed E-state index contributed by atoms with van der Waals surface area (Å²) in [4.78, 5) is 0. The van der Waals surface area contributed by atoms with Gasteiger partial charge >= 0.3 is 0 Å². The Hall–Kier alpha value is -3.12. The summed E-state index contributed by atoms with van der Waals surface area (Å²) < 4.78 is 0. The van der Waals surface area contributed by atoms with Crippen LogP contribution in [0.15, 0.2) is 72.8 Å². The van der Waals surface area contributed by atoms with Gasteiger partial charge in [-0.2, -0.15) is 0 Å². The van der Waals surface area contributed by atoms with Crippen molar-refractivity contribution in [1.29, 1.82) is 0 Å². The molecule has 0 amide bonds. The van der Waals surface area contributed by atoms with E-state index in [9.17, 15) is 0 Å². The van der Waals surface area contributed by atoms with E-state index in [-0.39, 0.29) is 7.43 Å². The van der Waals surface area contributed by atoms with E-state index in [1.165, 1.54) is 66.8 Å². The van der Waals surface area contributed by atoms with Crippen LogP contribution in [0.4, 0.5) is 0 Å². The average molecular weight is 437 g/mol. The highest BCUT2D eigenvalue weighted by atomic mass is 14.1. The van der Waals surface area contributed by atoms with Crippen LogP contribution in [0.3, 0.4) is 0 Å². The van der Waals surface area contributed by atoms with Crippen molar-refractivity contribution in [2.45, 2.75) is 62.8 Å². The van der Waals surface area contributed by atoms with E-state index >= 15 is 0 Å². The Balaban J connectivity index is 0.000000227. The Kier molecular flexibility index (Phi) is 8.83. The summed E-state index contributed by atoms with van der Waals surface area (Å²) in [6.07, 6.45) is 0. The van der Waals surface area contributed by atoms with Crippen molar-refractivity contribution in [3.05, 3.63) is 117 Å². The number of benzene rings is 4. The van der Waals surface area contributed by atoms with Crippen LogP contribution in [0.2, 0.25) is 0 Å². The molecule has 4 aromatic carbocycles. The molecule has 4 aromatic rings. The van der Waals surface area contributed by atoms with Crippen molar-refractivity contribution in [3.63, 3.8) is 0 Å². The lowest BCUT2D eigenvalue weighted by Gasteiger charge is -2.10. The zero-order valence-corrected chi connectivity index (χ0v) is 20.9. The van der Waals surface area contributed by atoms with Gasteiger partial charge in [0, 0.05) is 0 Å². The molecule has 0 heterocycles. The van der Waals surface area contributed by atoms with Crippen molar-refractivity contribution in [3.8, 4) is 22.3 Å². The predicted molar refractivity (Wildman–Crippen MR) is 148 cm³/mol. The molecular formula is C33H40. The van der Waals surface area contributed by atoms with Gasteiger partial charge in [-0.1, -0.05) is 80.2 Å². The number of aryl methyl sites for hydroxylation is 7. The monoisotopic (exact) mass is 436 g/mol. The molecule has 0 atom stereocenters. The van der Waals surface area contributed by atoms with Crippen LogP contribution in [0.25, 0.3) is 22.3 Å². The second-order valence-electron chi connectivity index (χ2n) is 9.14. The largest absolute Gasteiger partial charge is 0.0776 e. The second-order valence-corrected chi connectivity index (χ2v) is 9.14. The molecule has 0 aliphatic carbocycles. The Bertz CT molecular complexity index is 1190. The highest BCUT2D eigenvalue weighted by Crippen LogP contribution is 2.27. The molecule has 0 aromatic heterocycles. The van der Waals surface area contributed by atoms with Crippen LogP contribution in [0, 0.1) is 55.4 Å². The molecule has 0 saturated heterocycles. The highest BCUT2D eigenvalue weighted by Gasteiger charge is 2.04. The first-order chi connectivity index (χ1) is 15.2. The van der Waals surface area contributed by atoms with Gasteiger partial charge in [0.15, 0.2) is 0 Å². The van der Waals surface area contributed by atoms with E-state index in [2.05, 4.69) is 128 Å². The molecule has 0 bridgehead atoms. The number of hydrogen-bond donors (Lipinski definition) is 0. The molecule has 0 aliphatic rings. The molecule has 0 nitrogen and oxygen atoms in total. The fourth-order valence-electron chi connectivity index (χ4n) is 3.81. The Morgan fingerprint density at radius 1 is 0.364 bits per heavy atom. The summed E-state index contributed by atoms with van der Waals surface area (Å²) in [5, 5.41) is 0. The summed E-state index contributed by atoms with van der Waals surface area (Å²) in [6.45, 7) is 17.3. The molecule has 0 aliphatic heterocycles. The third-order valence-electron chi connectivity index (χ3n) is 6.77. The van der Waals surface area contributed by atoms with Crippen LogP contribution in [-0.2, 0) is 0 Å². The maximum Gasteiger partial charge on any atom is -0.0152 e. The van der Waals surface area contributed by atoms with Crippen LogP contribution < -0.4 is 0 Å². The van der Waals surface area contributed by atoms with Gasteiger partial charge < -0.3 is 0 Å². The van der Waals surface area contributed by atoms with Gasteiger partial charge in [-0.3, -0.25) is 0 Å². The first kappa shape index (κ1) is 26.1. The van der Waals surface area contributed by atoms with Crippen LogP contribution in [-0.4, -0.2) is 0 Å². The molecule has 0 radical (unpaired) electrons. The third kappa shape index (κ3) is 6.23. The Morgan fingerprint density at radius 3 is 1.18 bits per heavy atom. The fourth-order valence-corrected chi connectivity index (χ4v) is 3.81. The first-order valence-corrected chi connectivity index (χ1v) is 11.5. The smallest absolute Gasteiger partial charge is 0.0152 e. The molecular weight excluding hydrogens is 396 g/mol. The Labute approximate surface area is 202 Å². The maximum atomic E-state index is 2.27. The normalized spacial score (nSPS) is 10.2. The van der Waals surface area contributed by atoms with Gasteiger partial charge in [0.05, 0.1) is 0 Å². The Morgan fingerprint density at radius 2 is 0.758 bits per heavy atom. The minimum atomic E-state index is 0. The van der Waals surface area contributed by atoms with Crippen molar-refractivity contribution >= 4 is 0 Å². The molecule has 172 valence electrons. The van der Waals surface area contributed by atoms with Gasteiger partial charge in [-0.15, -0.1) is 0 Å².